The van der Waals surface area contributed by atoms with Gasteiger partial charge in [0.15, 0.2) is 5.13 Å². The lowest BCUT2D eigenvalue weighted by Crippen LogP contribution is -2.30. The number of hydrogen-bond donors (Lipinski definition) is 1. The normalized spacial score (nSPS) is 15.6. The van der Waals surface area contributed by atoms with Gasteiger partial charge in [0, 0.05) is 30.7 Å². The summed E-state index contributed by atoms with van der Waals surface area (Å²) in [7, 11) is 0. The van der Waals surface area contributed by atoms with Crippen LogP contribution in [0.4, 0.5) is 5.13 Å². The molecule has 0 fully saturated rings. The summed E-state index contributed by atoms with van der Waals surface area (Å²) in [6.07, 6.45) is 3.05. The molecule has 0 amide bonds. The Kier molecular flexibility index (Phi) is 3.76. The van der Waals surface area contributed by atoms with Crippen molar-refractivity contribution in [1.82, 2.24) is 9.88 Å². The lowest BCUT2D eigenvalue weighted by Gasteiger charge is -2.30. The fourth-order valence-corrected chi connectivity index (χ4v) is 3.72. The van der Waals surface area contributed by atoms with Gasteiger partial charge in [-0.1, -0.05) is 32.0 Å². The third-order valence-corrected chi connectivity index (χ3v) is 4.77. The van der Waals surface area contributed by atoms with Gasteiger partial charge in [-0.3, -0.25) is 4.90 Å². The van der Waals surface area contributed by atoms with Crippen LogP contribution in [0.1, 0.15) is 41.3 Å². The molecule has 1 aliphatic heterocycles. The van der Waals surface area contributed by atoms with Crippen molar-refractivity contribution < 1.29 is 0 Å². The second kappa shape index (κ2) is 5.54. The van der Waals surface area contributed by atoms with Gasteiger partial charge in [-0.05, 0) is 29.0 Å². The Morgan fingerprint density at radius 1 is 1.40 bits per heavy atom. The molecule has 106 valence electrons. The summed E-state index contributed by atoms with van der Waals surface area (Å²) < 4.78 is 0. The van der Waals surface area contributed by atoms with E-state index < -0.39 is 0 Å². The van der Waals surface area contributed by atoms with E-state index in [2.05, 4.69) is 41.9 Å². The topological polar surface area (TPSA) is 42.2 Å². The summed E-state index contributed by atoms with van der Waals surface area (Å²) >= 11 is 1.60. The first-order valence-corrected chi connectivity index (χ1v) is 7.98. The van der Waals surface area contributed by atoms with E-state index in [9.17, 15) is 0 Å². The van der Waals surface area contributed by atoms with Gasteiger partial charge in [-0.25, -0.2) is 4.98 Å². The summed E-state index contributed by atoms with van der Waals surface area (Å²) in [6.45, 7) is 7.67. The molecule has 0 spiro atoms. The maximum Gasteiger partial charge on any atom is 0.180 e. The molecule has 0 saturated heterocycles. The molecule has 3 rings (SSSR count). The van der Waals surface area contributed by atoms with E-state index in [1.54, 1.807) is 16.9 Å². The molecule has 2 N–H and O–H groups in total. The van der Waals surface area contributed by atoms with Gasteiger partial charge >= 0.3 is 0 Å². The maximum atomic E-state index is 5.70. The van der Waals surface area contributed by atoms with E-state index in [1.807, 2.05) is 6.20 Å². The van der Waals surface area contributed by atoms with Gasteiger partial charge in [0.1, 0.15) is 0 Å². The Morgan fingerprint density at radius 2 is 2.25 bits per heavy atom. The molecule has 0 atom stereocenters. The minimum atomic E-state index is 0.609. The van der Waals surface area contributed by atoms with Crippen molar-refractivity contribution in [3.8, 4) is 0 Å². The van der Waals surface area contributed by atoms with Crippen LogP contribution in [0.25, 0.3) is 0 Å². The first kappa shape index (κ1) is 13.6. The van der Waals surface area contributed by atoms with Crippen molar-refractivity contribution in [2.75, 3.05) is 12.3 Å². The average Bonchev–Trinajstić information content (AvgIpc) is 2.83. The third kappa shape index (κ3) is 2.72. The monoisotopic (exact) mass is 287 g/mol. The van der Waals surface area contributed by atoms with Crippen LogP contribution in [-0.4, -0.2) is 16.4 Å². The number of nitrogens with two attached hydrogens (primary N) is 1. The largest absolute Gasteiger partial charge is 0.375 e. The van der Waals surface area contributed by atoms with Gasteiger partial charge in [0.2, 0.25) is 0 Å². The molecule has 1 aromatic heterocycles. The van der Waals surface area contributed by atoms with Gasteiger partial charge in [0.25, 0.3) is 0 Å². The van der Waals surface area contributed by atoms with Crippen LogP contribution in [0, 0.1) is 0 Å². The van der Waals surface area contributed by atoms with Crippen LogP contribution in [0.3, 0.4) is 0 Å². The molecule has 1 aromatic carbocycles. The standard InChI is InChI=1S/C16H21N3S/c1-11(2)14-5-3-4-12-9-19(7-6-15(12)14)10-13-8-18-16(17)20-13/h3-5,8,11H,6-7,9-10H2,1-2H3,(H2,17,18). The number of anilines is 1. The van der Waals surface area contributed by atoms with Crippen molar-refractivity contribution in [2.24, 2.45) is 0 Å². The smallest absolute Gasteiger partial charge is 0.180 e. The number of fused-ring (bicyclic) bond motifs is 1. The highest BCUT2D eigenvalue weighted by Gasteiger charge is 2.20. The van der Waals surface area contributed by atoms with E-state index in [-0.39, 0.29) is 0 Å². The summed E-state index contributed by atoms with van der Waals surface area (Å²) in [5.41, 5.74) is 10.3. The number of thiazole rings is 1. The quantitative estimate of drug-likeness (QED) is 0.940. The summed E-state index contributed by atoms with van der Waals surface area (Å²) in [4.78, 5) is 7.87. The number of rotatable bonds is 3. The lowest BCUT2D eigenvalue weighted by atomic mass is 9.89. The Balaban J connectivity index is 1.77. The Morgan fingerprint density at radius 3 is 2.95 bits per heavy atom. The molecule has 2 aromatic rings. The first-order chi connectivity index (χ1) is 9.63. The van der Waals surface area contributed by atoms with Crippen molar-refractivity contribution in [3.63, 3.8) is 0 Å². The molecule has 1 aliphatic rings. The van der Waals surface area contributed by atoms with E-state index in [0.29, 0.717) is 11.0 Å². The molecular weight excluding hydrogens is 266 g/mol. The maximum absolute atomic E-state index is 5.70. The molecule has 0 unspecified atom stereocenters. The second-order valence-corrected chi connectivity index (χ2v) is 6.91. The van der Waals surface area contributed by atoms with Gasteiger partial charge < -0.3 is 5.73 Å². The fourth-order valence-electron chi connectivity index (χ4n) is 2.99. The van der Waals surface area contributed by atoms with Gasteiger partial charge in [-0.15, -0.1) is 11.3 Å². The van der Waals surface area contributed by atoms with Crippen LogP contribution in [0.2, 0.25) is 0 Å². The van der Waals surface area contributed by atoms with E-state index in [4.69, 9.17) is 5.73 Å². The van der Waals surface area contributed by atoms with E-state index >= 15 is 0 Å². The fraction of sp³-hybridized carbons (Fsp3) is 0.438. The predicted octanol–water partition coefficient (Wildman–Crippen LogP) is 3.41. The molecule has 0 saturated carbocycles. The highest BCUT2D eigenvalue weighted by Crippen LogP contribution is 2.28. The minimum absolute atomic E-state index is 0.609. The van der Waals surface area contributed by atoms with Crippen LogP contribution in [0.5, 0.6) is 0 Å². The van der Waals surface area contributed by atoms with Crippen LogP contribution in [0.15, 0.2) is 24.4 Å². The number of nitrogen functional groups attached to an aromatic ring is 1. The number of nitrogens with zero attached hydrogens (tertiary/aromatic N) is 2. The van der Waals surface area contributed by atoms with E-state index in [1.165, 1.54) is 16.0 Å². The molecular formula is C16H21N3S. The molecule has 3 nitrogen and oxygen atoms in total. The first-order valence-electron chi connectivity index (χ1n) is 7.16. The lowest BCUT2D eigenvalue weighted by molar-refractivity contribution is 0.247. The Bertz CT molecular complexity index is 604. The Hall–Kier alpha value is -1.39. The summed E-state index contributed by atoms with van der Waals surface area (Å²) in [5.74, 6) is 0.609. The predicted molar refractivity (Wildman–Crippen MR) is 84.9 cm³/mol. The molecule has 4 heteroatoms. The van der Waals surface area contributed by atoms with E-state index in [0.717, 1.165) is 26.1 Å². The third-order valence-electron chi connectivity index (χ3n) is 3.95. The summed E-state index contributed by atoms with van der Waals surface area (Å²) in [6, 6.07) is 6.75. The van der Waals surface area contributed by atoms with Crippen LogP contribution in [-0.2, 0) is 19.5 Å². The molecule has 0 aliphatic carbocycles. The number of benzene rings is 1. The average molecular weight is 287 g/mol. The second-order valence-electron chi connectivity index (χ2n) is 5.77. The SMILES string of the molecule is CC(C)c1cccc2c1CCN(Cc1cnc(N)s1)C2. The zero-order valence-corrected chi connectivity index (χ0v) is 12.9. The highest BCUT2D eigenvalue weighted by atomic mass is 32.1. The molecule has 0 radical (unpaired) electrons. The zero-order chi connectivity index (χ0) is 14.1. The number of hydrogen-bond acceptors (Lipinski definition) is 4. The van der Waals surface area contributed by atoms with Crippen molar-refractivity contribution in [3.05, 3.63) is 46.0 Å². The summed E-state index contributed by atoms with van der Waals surface area (Å²) in [5, 5.41) is 0.666. The molecule has 0 bridgehead atoms. The van der Waals surface area contributed by atoms with Crippen LogP contribution >= 0.6 is 11.3 Å². The molecule has 20 heavy (non-hydrogen) atoms. The number of aromatic nitrogens is 1. The van der Waals surface area contributed by atoms with Crippen LogP contribution < -0.4 is 5.73 Å². The highest BCUT2D eigenvalue weighted by molar-refractivity contribution is 7.15. The Labute approximate surface area is 124 Å². The van der Waals surface area contributed by atoms with Crippen molar-refractivity contribution in [2.45, 2.75) is 39.3 Å². The minimum Gasteiger partial charge on any atom is -0.375 e. The van der Waals surface area contributed by atoms with Crippen molar-refractivity contribution in [1.29, 1.82) is 0 Å². The zero-order valence-electron chi connectivity index (χ0n) is 12.1. The van der Waals surface area contributed by atoms with Gasteiger partial charge in [0.05, 0.1) is 0 Å². The van der Waals surface area contributed by atoms with Gasteiger partial charge in [-0.2, -0.15) is 0 Å². The van der Waals surface area contributed by atoms with Crippen molar-refractivity contribution >= 4 is 16.5 Å². The molecule has 2 heterocycles.